The number of rotatable bonds is 3. The van der Waals surface area contributed by atoms with Crippen LogP contribution in [0.1, 0.15) is 11.1 Å². The van der Waals surface area contributed by atoms with Gasteiger partial charge in [0, 0.05) is 9.50 Å². The van der Waals surface area contributed by atoms with Crippen molar-refractivity contribution in [2.75, 3.05) is 0 Å². The van der Waals surface area contributed by atoms with Crippen LogP contribution in [0.4, 0.5) is 4.79 Å². The molecule has 1 aliphatic rings. The van der Waals surface area contributed by atoms with Crippen molar-refractivity contribution in [1.82, 2.24) is 10.2 Å². The Bertz CT molecular complexity index is 802. The maximum atomic E-state index is 12.4. The molecule has 0 aromatic heterocycles. The van der Waals surface area contributed by atoms with Gasteiger partial charge in [0.05, 0.1) is 6.54 Å². The summed E-state index contributed by atoms with van der Waals surface area (Å²) < 4.78 is 0.904. The van der Waals surface area contributed by atoms with E-state index in [1.807, 2.05) is 24.3 Å². The molecule has 23 heavy (non-hydrogen) atoms. The number of imide groups is 1. The molecule has 0 unspecified atom stereocenters. The lowest BCUT2D eigenvalue weighted by molar-refractivity contribution is -0.123. The summed E-state index contributed by atoms with van der Waals surface area (Å²) in [5.74, 6) is -0.343. The molecule has 0 atom stereocenters. The molecule has 0 saturated carbocycles. The monoisotopic (exact) mass is 390 g/mol. The second-order valence-electron chi connectivity index (χ2n) is 5.06. The summed E-state index contributed by atoms with van der Waals surface area (Å²) in [6.45, 7) is 0.206. The molecule has 4 nitrogen and oxygen atoms in total. The lowest BCUT2D eigenvalue weighted by Crippen LogP contribution is -2.30. The molecule has 1 aliphatic heterocycles. The van der Waals surface area contributed by atoms with Crippen LogP contribution in [0.25, 0.3) is 6.08 Å². The van der Waals surface area contributed by atoms with Crippen molar-refractivity contribution in [3.05, 3.63) is 74.9 Å². The number of halogens is 2. The third-order valence-electron chi connectivity index (χ3n) is 3.38. The van der Waals surface area contributed by atoms with Gasteiger partial charge in [0.2, 0.25) is 0 Å². The number of nitrogens with zero attached hydrogens (tertiary/aromatic N) is 1. The van der Waals surface area contributed by atoms with Crippen molar-refractivity contribution in [3.63, 3.8) is 0 Å². The predicted octanol–water partition coefficient (Wildman–Crippen LogP) is 4.20. The summed E-state index contributed by atoms with van der Waals surface area (Å²) in [4.78, 5) is 25.6. The quantitative estimate of drug-likeness (QED) is 0.630. The fourth-order valence-corrected chi connectivity index (χ4v) is 2.79. The van der Waals surface area contributed by atoms with E-state index in [2.05, 4.69) is 21.2 Å². The Balaban J connectivity index is 1.81. The Hall–Kier alpha value is -2.11. The molecule has 1 heterocycles. The van der Waals surface area contributed by atoms with Gasteiger partial charge >= 0.3 is 6.03 Å². The summed E-state index contributed by atoms with van der Waals surface area (Å²) in [6, 6.07) is 14.1. The number of urea groups is 1. The molecule has 1 fully saturated rings. The first-order valence-corrected chi connectivity index (χ1v) is 8.04. The lowest BCUT2D eigenvalue weighted by atomic mass is 10.2. The topological polar surface area (TPSA) is 49.4 Å². The Kier molecular flexibility index (Phi) is 4.50. The zero-order chi connectivity index (χ0) is 16.4. The van der Waals surface area contributed by atoms with E-state index >= 15 is 0 Å². The van der Waals surface area contributed by atoms with E-state index in [0.29, 0.717) is 5.02 Å². The van der Waals surface area contributed by atoms with E-state index in [4.69, 9.17) is 11.6 Å². The minimum atomic E-state index is -0.425. The average Bonchev–Trinajstić information content (AvgIpc) is 2.77. The Labute approximate surface area is 146 Å². The third kappa shape index (κ3) is 3.63. The largest absolute Gasteiger partial charge is 0.329 e. The first-order valence-electron chi connectivity index (χ1n) is 6.87. The fraction of sp³-hybridized carbons (Fsp3) is 0.0588. The summed E-state index contributed by atoms with van der Waals surface area (Å²) >= 11 is 9.22. The standard InChI is InChI=1S/C17H12BrClN2O2/c18-13-3-1-2-12(8-13)9-15-16(22)21(17(23)20-15)10-11-4-6-14(19)7-5-11/h1-9H,10H2,(H,20,23)/b15-9-. The van der Waals surface area contributed by atoms with E-state index in [1.165, 1.54) is 4.90 Å². The number of hydrogen-bond donors (Lipinski definition) is 1. The van der Waals surface area contributed by atoms with Crippen molar-refractivity contribution in [2.24, 2.45) is 0 Å². The summed E-state index contributed by atoms with van der Waals surface area (Å²) in [5.41, 5.74) is 1.93. The van der Waals surface area contributed by atoms with Gasteiger partial charge in [-0.25, -0.2) is 4.79 Å². The van der Waals surface area contributed by atoms with Gasteiger partial charge in [-0.1, -0.05) is 51.8 Å². The minimum absolute atomic E-state index is 0.206. The summed E-state index contributed by atoms with van der Waals surface area (Å²) in [7, 11) is 0. The highest BCUT2D eigenvalue weighted by Crippen LogP contribution is 2.19. The second kappa shape index (κ2) is 6.56. The third-order valence-corrected chi connectivity index (χ3v) is 4.12. The molecular weight excluding hydrogens is 380 g/mol. The van der Waals surface area contributed by atoms with Crippen molar-refractivity contribution < 1.29 is 9.59 Å². The van der Waals surface area contributed by atoms with Crippen molar-refractivity contribution in [3.8, 4) is 0 Å². The lowest BCUT2D eigenvalue weighted by Gasteiger charge is -2.11. The van der Waals surface area contributed by atoms with Crippen LogP contribution in [0.3, 0.4) is 0 Å². The van der Waals surface area contributed by atoms with Gasteiger partial charge in [-0.3, -0.25) is 9.69 Å². The highest BCUT2D eigenvalue weighted by atomic mass is 79.9. The number of carbonyl (C=O) groups excluding carboxylic acids is 2. The summed E-state index contributed by atoms with van der Waals surface area (Å²) in [5, 5.41) is 3.22. The Morgan fingerprint density at radius 3 is 2.57 bits per heavy atom. The maximum Gasteiger partial charge on any atom is 0.329 e. The number of amides is 3. The van der Waals surface area contributed by atoms with Gasteiger partial charge in [0.25, 0.3) is 5.91 Å². The van der Waals surface area contributed by atoms with Crippen molar-refractivity contribution in [1.29, 1.82) is 0 Å². The molecule has 1 saturated heterocycles. The highest BCUT2D eigenvalue weighted by Gasteiger charge is 2.33. The van der Waals surface area contributed by atoms with Gasteiger partial charge in [-0.2, -0.15) is 0 Å². The zero-order valence-corrected chi connectivity index (χ0v) is 14.3. The Morgan fingerprint density at radius 1 is 1.13 bits per heavy atom. The van der Waals surface area contributed by atoms with Crippen LogP contribution in [-0.4, -0.2) is 16.8 Å². The van der Waals surface area contributed by atoms with Gasteiger partial charge in [0.15, 0.2) is 0 Å². The van der Waals surface area contributed by atoms with E-state index in [-0.39, 0.29) is 18.1 Å². The van der Waals surface area contributed by atoms with Gasteiger partial charge in [-0.05, 0) is 41.5 Å². The normalized spacial score (nSPS) is 16.1. The van der Waals surface area contributed by atoms with E-state index in [0.717, 1.165) is 15.6 Å². The van der Waals surface area contributed by atoms with Crippen molar-refractivity contribution in [2.45, 2.75) is 6.54 Å². The molecule has 1 N–H and O–H groups in total. The maximum absolute atomic E-state index is 12.4. The molecule has 2 aromatic carbocycles. The number of benzene rings is 2. The Morgan fingerprint density at radius 2 is 1.87 bits per heavy atom. The zero-order valence-electron chi connectivity index (χ0n) is 11.9. The molecule has 0 spiro atoms. The molecule has 2 aromatic rings. The first kappa shape index (κ1) is 15.8. The van der Waals surface area contributed by atoms with Crippen LogP contribution >= 0.6 is 27.5 Å². The number of nitrogens with one attached hydrogen (secondary N) is 1. The van der Waals surface area contributed by atoms with E-state index in [1.54, 1.807) is 30.3 Å². The van der Waals surface area contributed by atoms with Gasteiger partial charge in [0.1, 0.15) is 5.70 Å². The smallest absolute Gasteiger partial charge is 0.303 e. The van der Waals surface area contributed by atoms with E-state index < -0.39 is 6.03 Å². The molecule has 3 amide bonds. The predicted molar refractivity (Wildman–Crippen MR) is 92.7 cm³/mol. The number of hydrogen-bond acceptors (Lipinski definition) is 2. The van der Waals surface area contributed by atoms with E-state index in [9.17, 15) is 9.59 Å². The van der Waals surface area contributed by atoms with Crippen LogP contribution in [0, 0.1) is 0 Å². The van der Waals surface area contributed by atoms with Crippen molar-refractivity contribution >= 4 is 45.5 Å². The molecule has 116 valence electrons. The van der Waals surface area contributed by atoms with Gasteiger partial charge < -0.3 is 5.32 Å². The van der Waals surface area contributed by atoms with Gasteiger partial charge in [-0.15, -0.1) is 0 Å². The molecular formula is C17H12BrClN2O2. The van der Waals surface area contributed by atoms with Crippen LogP contribution in [0.2, 0.25) is 5.02 Å². The molecule has 6 heteroatoms. The second-order valence-corrected chi connectivity index (χ2v) is 6.41. The number of carbonyl (C=O) groups is 2. The van der Waals surface area contributed by atoms with Crippen LogP contribution in [0.5, 0.6) is 0 Å². The molecule has 0 aliphatic carbocycles. The highest BCUT2D eigenvalue weighted by molar-refractivity contribution is 9.10. The van der Waals surface area contributed by atoms with Crippen LogP contribution < -0.4 is 5.32 Å². The molecule has 0 radical (unpaired) electrons. The molecule has 0 bridgehead atoms. The van der Waals surface area contributed by atoms with Crippen LogP contribution in [0.15, 0.2) is 58.7 Å². The average molecular weight is 392 g/mol. The fourth-order valence-electron chi connectivity index (χ4n) is 2.25. The molecule has 3 rings (SSSR count). The first-order chi connectivity index (χ1) is 11.0. The summed E-state index contributed by atoms with van der Waals surface area (Å²) in [6.07, 6.45) is 1.66. The van der Waals surface area contributed by atoms with Crippen LogP contribution in [-0.2, 0) is 11.3 Å². The minimum Gasteiger partial charge on any atom is -0.303 e. The SMILES string of the molecule is O=C1N/C(=C\c2cccc(Br)c2)C(=O)N1Cc1ccc(Cl)cc1.